The van der Waals surface area contributed by atoms with E-state index in [0.29, 0.717) is 32.1 Å². The lowest BCUT2D eigenvalue weighted by atomic mass is 9.96. The Hall–Kier alpha value is -1.59. The summed E-state index contributed by atoms with van der Waals surface area (Å²) in [7, 11) is 1.58. The maximum absolute atomic E-state index is 11.8. The Morgan fingerprint density at radius 2 is 2.00 bits per heavy atom. The number of aliphatic carboxylic acids is 1. The highest BCUT2D eigenvalue weighted by Crippen LogP contribution is 2.34. The van der Waals surface area contributed by atoms with Crippen LogP contribution in [0, 0.1) is 13.8 Å². The van der Waals surface area contributed by atoms with Crippen LogP contribution < -0.4 is 4.74 Å². The van der Waals surface area contributed by atoms with E-state index in [4.69, 9.17) is 9.47 Å². The van der Waals surface area contributed by atoms with Crippen molar-refractivity contribution in [2.24, 2.45) is 0 Å². The van der Waals surface area contributed by atoms with Crippen molar-refractivity contribution in [1.29, 1.82) is 0 Å². The van der Waals surface area contributed by atoms with Gasteiger partial charge in [0.25, 0.3) is 0 Å². The van der Waals surface area contributed by atoms with Crippen molar-refractivity contribution in [3.63, 3.8) is 0 Å². The number of rotatable bonds is 4. The third kappa shape index (κ3) is 2.94. The molecule has 0 spiro atoms. The Kier molecular flexibility index (Phi) is 4.62. The van der Waals surface area contributed by atoms with Gasteiger partial charge < -0.3 is 14.6 Å². The molecular formula is C15H21NO4. The summed E-state index contributed by atoms with van der Waals surface area (Å²) < 4.78 is 10.7. The molecule has 1 aromatic carbocycles. The minimum Gasteiger partial charge on any atom is -0.496 e. The van der Waals surface area contributed by atoms with Gasteiger partial charge in [0.1, 0.15) is 11.8 Å². The standard InChI is InChI=1S/C15H21NO4/c1-10-8-11(2)13(12(9-10)19-3)14(15(17)18)16-4-6-20-7-5-16/h8-9,14H,4-7H2,1-3H3,(H,17,18). The van der Waals surface area contributed by atoms with Crippen molar-refractivity contribution in [1.82, 2.24) is 4.90 Å². The molecule has 0 saturated carbocycles. The first-order valence-corrected chi connectivity index (χ1v) is 6.74. The largest absolute Gasteiger partial charge is 0.496 e. The number of hydrogen-bond donors (Lipinski definition) is 1. The average Bonchev–Trinajstić information content (AvgIpc) is 2.42. The van der Waals surface area contributed by atoms with Gasteiger partial charge in [0.05, 0.1) is 20.3 Å². The summed E-state index contributed by atoms with van der Waals surface area (Å²) in [5.41, 5.74) is 2.75. The van der Waals surface area contributed by atoms with Gasteiger partial charge in [-0.05, 0) is 31.0 Å². The summed E-state index contributed by atoms with van der Waals surface area (Å²) in [5, 5.41) is 9.65. The van der Waals surface area contributed by atoms with Gasteiger partial charge in [-0.2, -0.15) is 0 Å². The lowest BCUT2D eigenvalue weighted by Crippen LogP contribution is -2.42. The first kappa shape index (κ1) is 14.8. The fraction of sp³-hybridized carbons (Fsp3) is 0.533. The molecule has 1 aromatic rings. The van der Waals surface area contributed by atoms with Crippen molar-refractivity contribution in [2.75, 3.05) is 33.4 Å². The van der Waals surface area contributed by atoms with E-state index in [1.807, 2.05) is 30.9 Å². The van der Waals surface area contributed by atoms with Crippen LogP contribution in [0.5, 0.6) is 5.75 Å². The van der Waals surface area contributed by atoms with Crippen LogP contribution in [0.1, 0.15) is 22.7 Å². The molecule has 1 fully saturated rings. The zero-order chi connectivity index (χ0) is 14.7. The molecule has 1 saturated heterocycles. The molecule has 1 heterocycles. The predicted octanol–water partition coefficient (Wildman–Crippen LogP) is 1.77. The Bertz CT molecular complexity index is 495. The molecule has 0 aromatic heterocycles. The van der Waals surface area contributed by atoms with Gasteiger partial charge in [-0.25, -0.2) is 0 Å². The smallest absolute Gasteiger partial charge is 0.325 e. The number of hydrogen-bond acceptors (Lipinski definition) is 4. The first-order chi connectivity index (χ1) is 9.54. The van der Waals surface area contributed by atoms with Gasteiger partial charge in [-0.15, -0.1) is 0 Å². The number of nitrogens with zero attached hydrogens (tertiary/aromatic N) is 1. The van der Waals surface area contributed by atoms with Crippen LogP contribution in [0.2, 0.25) is 0 Å². The second-order valence-electron chi connectivity index (χ2n) is 5.09. The van der Waals surface area contributed by atoms with Crippen molar-refractivity contribution in [3.8, 4) is 5.75 Å². The Morgan fingerprint density at radius 1 is 1.35 bits per heavy atom. The molecule has 1 atom stereocenters. The van der Waals surface area contributed by atoms with E-state index in [1.54, 1.807) is 7.11 Å². The van der Waals surface area contributed by atoms with Crippen LogP contribution in [-0.2, 0) is 9.53 Å². The topological polar surface area (TPSA) is 59.0 Å². The van der Waals surface area contributed by atoms with Crippen molar-refractivity contribution < 1.29 is 19.4 Å². The number of carboxylic acid groups (broad SMARTS) is 1. The van der Waals surface area contributed by atoms with Gasteiger partial charge >= 0.3 is 5.97 Å². The maximum atomic E-state index is 11.8. The zero-order valence-corrected chi connectivity index (χ0v) is 12.2. The van der Waals surface area contributed by atoms with Crippen molar-refractivity contribution in [3.05, 3.63) is 28.8 Å². The summed E-state index contributed by atoms with van der Waals surface area (Å²) in [6.45, 7) is 6.28. The lowest BCUT2D eigenvalue weighted by Gasteiger charge is -2.33. The SMILES string of the molecule is COc1cc(C)cc(C)c1C(C(=O)O)N1CCOCC1. The van der Waals surface area contributed by atoms with Gasteiger partial charge in [-0.3, -0.25) is 9.69 Å². The van der Waals surface area contributed by atoms with Crippen LogP contribution in [-0.4, -0.2) is 49.4 Å². The van der Waals surface area contributed by atoms with Crippen molar-refractivity contribution >= 4 is 5.97 Å². The molecule has 20 heavy (non-hydrogen) atoms. The normalized spacial score (nSPS) is 17.8. The van der Waals surface area contributed by atoms with Gasteiger partial charge in [-0.1, -0.05) is 6.07 Å². The second-order valence-corrected chi connectivity index (χ2v) is 5.09. The number of morpholine rings is 1. The predicted molar refractivity (Wildman–Crippen MR) is 75.2 cm³/mol. The van der Waals surface area contributed by atoms with Crippen LogP contribution in [0.25, 0.3) is 0 Å². The van der Waals surface area contributed by atoms with E-state index in [-0.39, 0.29) is 0 Å². The molecule has 0 amide bonds. The van der Waals surface area contributed by atoms with Crippen LogP contribution >= 0.6 is 0 Å². The molecule has 1 unspecified atom stereocenters. The van der Waals surface area contributed by atoms with E-state index in [0.717, 1.165) is 16.7 Å². The van der Waals surface area contributed by atoms with Crippen LogP contribution in [0.3, 0.4) is 0 Å². The molecule has 5 nitrogen and oxygen atoms in total. The minimum atomic E-state index is -0.850. The monoisotopic (exact) mass is 279 g/mol. The number of ether oxygens (including phenoxy) is 2. The number of carboxylic acids is 1. The fourth-order valence-corrected chi connectivity index (χ4v) is 2.76. The van der Waals surface area contributed by atoms with E-state index in [9.17, 15) is 9.90 Å². The number of benzene rings is 1. The fourth-order valence-electron chi connectivity index (χ4n) is 2.76. The molecule has 110 valence electrons. The van der Waals surface area contributed by atoms with Gasteiger partial charge in [0.15, 0.2) is 0 Å². The summed E-state index contributed by atoms with van der Waals surface area (Å²) in [4.78, 5) is 13.7. The highest BCUT2D eigenvalue weighted by molar-refractivity contribution is 5.77. The summed E-state index contributed by atoms with van der Waals surface area (Å²) in [6.07, 6.45) is 0. The third-order valence-electron chi connectivity index (χ3n) is 3.63. The van der Waals surface area contributed by atoms with Crippen LogP contribution in [0.15, 0.2) is 12.1 Å². The first-order valence-electron chi connectivity index (χ1n) is 6.74. The average molecular weight is 279 g/mol. The van der Waals surface area contributed by atoms with Crippen molar-refractivity contribution in [2.45, 2.75) is 19.9 Å². The molecular weight excluding hydrogens is 258 g/mol. The van der Waals surface area contributed by atoms with E-state index >= 15 is 0 Å². The Labute approximate surface area is 119 Å². The zero-order valence-electron chi connectivity index (χ0n) is 12.2. The molecule has 0 aliphatic carbocycles. The molecule has 1 aliphatic heterocycles. The molecule has 5 heteroatoms. The highest BCUT2D eigenvalue weighted by atomic mass is 16.5. The van der Waals surface area contributed by atoms with E-state index in [1.165, 1.54) is 0 Å². The molecule has 1 aliphatic rings. The number of aryl methyl sites for hydroxylation is 2. The number of methoxy groups -OCH3 is 1. The molecule has 0 radical (unpaired) electrons. The second kappa shape index (κ2) is 6.24. The van der Waals surface area contributed by atoms with E-state index < -0.39 is 12.0 Å². The quantitative estimate of drug-likeness (QED) is 0.910. The maximum Gasteiger partial charge on any atom is 0.325 e. The molecule has 2 rings (SSSR count). The summed E-state index contributed by atoms with van der Waals surface area (Å²) in [6, 6.07) is 3.20. The lowest BCUT2D eigenvalue weighted by molar-refractivity contribution is -0.145. The molecule has 1 N–H and O–H groups in total. The van der Waals surface area contributed by atoms with Crippen LogP contribution in [0.4, 0.5) is 0 Å². The Morgan fingerprint density at radius 3 is 2.55 bits per heavy atom. The Balaban J connectivity index is 2.46. The van der Waals surface area contributed by atoms with Gasteiger partial charge in [0.2, 0.25) is 0 Å². The molecule has 0 bridgehead atoms. The number of carbonyl (C=O) groups is 1. The third-order valence-corrected chi connectivity index (χ3v) is 3.63. The minimum absolute atomic E-state index is 0.566. The summed E-state index contributed by atoms with van der Waals surface area (Å²) in [5.74, 6) is -0.210. The highest BCUT2D eigenvalue weighted by Gasteiger charge is 2.32. The van der Waals surface area contributed by atoms with E-state index in [2.05, 4.69) is 0 Å². The summed E-state index contributed by atoms with van der Waals surface area (Å²) >= 11 is 0. The van der Waals surface area contributed by atoms with Gasteiger partial charge in [0, 0.05) is 18.7 Å².